The number of anilines is 2. The van der Waals surface area contributed by atoms with Crippen molar-refractivity contribution in [3.05, 3.63) is 54.6 Å². The molecule has 1 aliphatic rings. The first-order chi connectivity index (χ1) is 12.9. The van der Waals surface area contributed by atoms with Crippen molar-refractivity contribution in [1.82, 2.24) is 5.32 Å². The summed E-state index contributed by atoms with van der Waals surface area (Å²) in [6.45, 7) is 2.88. The highest BCUT2D eigenvalue weighted by Gasteiger charge is 2.26. The number of hydrogen-bond acceptors (Lipinski definition) is 4. The second-order valence-corrected chi connectivity index (χ2v) is 8.87. The Labute approximate surface area is 160 Å². The van der Waals surface area contributed by atoms with Gasteiger partial charge in [0.1, 0.15) is 0 Å². The van der Waals surface area contributed by atoms with Gasteiger partial charge in [-0.3, -0.25) is 9.10 Å². The summed E-state index contributed by atoms with van der Waals surface area (Å²) in [7, 11) is -2.19. The van der Waals surface area contributed by atoms with Crippen LogP contribution < -0.4 is 14.9 Å². The van der Waals surface area contributed by atoms with Crippen LogP contribution in [0.1, 0.15) is 19.8 Å². The normalized spacial score (nSPS) is 20.1. The third-order valence-corrected chi connectivity index (χ3v) is 6.66. The van der Waals surface area contributed by atoms with Crippen LogP contribution in [0.4, 0.5) is 11.4 Å². The van der Waals surface area contributed by atoms with Crippen LogP contribution in [0.3, 0.4) is 0 Å². The molecule has 0 unspecified atom stereocenters. The van der Waals surface area contributed by atoms with E-state index in [4.69, 9.17) is 0 Å². The number of nitrogens with one attached hydrogen (secondary N) is 2. The second kappa shape index (κ2) is 8.10. The van der Waals surface area contributed by atoms with E-state index in [1.54, 1.807) is 36.4 Å². The van der Waals surface area contributed by atoms with Crippen LogP contribution >= 0.6 is 0 Å². The molecular weight excluding hydrogens is 362 g/mol. The molecule has 1 heterocycles. The van der Waals surface area contributed by atoms with Crippen molar-refractivity contribution in [1.29, 1.82) is 0 Å². The maximum atomic E-state index is 12.9. The molecule has 0 spiro atoms. The maximum absolute atomic E-state index is 12.9. The van der Waals surface area contributed by atoms with E-state index in [-0.39, 0.29) is 16.7 Å². The summed E-state index contributed by atoms with van der Waals surface area (Å²) < 4.78 is 27.1. The molecule has 2 atom stereocenters. The topological polar surface area (TPSA) is 78.5 Å². The fraction of sp³-hybridized carbons (Fsp3) is 0.350. The lowest BCUT2D eigenvalue weighted by molar-refractivity contribution is -0.120. The summed E-state index contributed by atoms with van der Waals surface area (Å²) in [6, 6.07) is 15.6. The van der Waals surface area contributed by atoms with Gasteiger partial charge in [-0.15, -0.1) is 0 Å². The summed E-state index contributed by atoms with van der Waals surface area (Å²) in [5.41, 5.74) is 1.07. The molecule has 2 aromatic rings. The summed E-state index contributed by atoms with van der Waals surface area (Å²) in [4.78, 5) is 12.7. The fourth-order valence-electron chi connectivity index (χ4n) is 3.28. The van der Waals surface area contributed by atoms with Gasteiger partial charge in [0.15, 0.2) is 0 Å². The molecule has 7 heteroatoms. The Balaban J connectivity index is 1.77. The molecule has 2 N–H and O–H groups in total. The van der Waals surface area contributed by atoms with E-state index in [0.717, 1.165) is 19.4 Å². The van der Waals surface area contributed by atoms with Gasteiger partial charge in [-0.2, -0.15) is 0 Å². The molecule has 27 heavy (non-hydrogen) atoms. The lowest BCUT2D eigenvalue weighted by atomic mass is 9.92. The van der Waals surface area contributed by atoms with E-state index >= 15 is 0 Å². The van der Waals surface area contributed by atoms with E-state index < -0.39 is 10.0 Å². The van der Waals surface area contributed by atoms with Crippen LogP contribution in [0.15, 0.2) is 59.5 Å². The highest BCUT2D eigenvalue weighted by Crippen LogP contribution is 2.24. The highest BCUT2D eigenvalue weighted by molar-refractivity contribution is 7.92. The zero-order valence-corrected chi connectivity index (χ0v) is 16.4. The average Bonchev–Trinajstić information content (AvgIpc) is 2.68. The van der Waals surface area contributed by atoms with Gasteiger partial charge < -0.3 is 10.6 Å². The number of para-hydroxylation sites is 1. The first-order valence-electron chi connectivity index (χ1n) is 9.06. The van der Waals surface area contributed by atoms with Gasteiger partial charge >= 0.3 is 0 Å². The predicted molar refractivity (Wildman–Crippen MR) is 107 cm³/mol. The van der Waals surface area contributed by atoms with E-state index in [1.807, 2.05) is 6.07 Å². The van der Waals surface area contributed by atoms with Crippen LogP contribution in [0.5, 0.6) is 0 Å². The van der Waals surface area contributed by atoms with Crippen LogP contribution in [-0.4, -0.2) is 34.0 Å². The van der Waals surface area contributed by atoms with E-state index in [9.17, 15) is 13.2 Å². The molecule has 1 aliphatic heterocycles. The molecule has 144 valence electrons. The minimum Gasteiger partial charge on any atom is -0.326 e. The quantitative estimate of drug-likeness (QED) is 0.827. The molecule has 1 fully saturated rings. The smallest absolute Gasteiger partial charge is 0.264 e. The zero-order valence-electron chi connectivity index (χ0n) is 15.6. The van der Waals surface area contributed by atoms with Gasteiger partial charge in [-0.05, 0) is 56.6 Å². The number of rotatable bonds is 5. The molecule has 0 saturated carbocycles. The SMILES string of the molecule is C[C@H]1C[C@@H](C(=O)Nc2cccc(S(=O)(=O)N(C)c3ccccc3)c2)CCN1. The third kappa shape index (κ3) is 4.48. The van der Waals surface area contributed by atoms with Crippen molar-refractivity contribution in [3.63, 3.8) is 0 Å². The molecule has 6 nitrogen and oxygen atoms in total. The Kier molecular flexibility index (Phi) is 5.82. The van der Waals surface area contributed by atoms with Crippen molar-refractivity contribution < 1.29 is 13.2 Å². The zero-order chi connectivity index (χ0) is 19.4. The number of piperidine rings is 1. The minimum absolute atomic E-state index is 0.0608. The molecule has 0 bridgehead atoms. The summed E-state index contributed by atoms with van der Waals surface area (Å²) in [6.07, 6.45) is 1.56. The van der Waals surface area contributed by atoms with Gasteiger partial charge in [0.05, 0.1) is 10.6 Å². The molecule has 1 amide bonds. The number of amides is 1. The highest BCUT2D eigenvalue weighted by atomic mass is 32.2. The van der Waals surface area contributed by atoms with Crippen LogP contribution in [-0.2, 0) is 14.8 Å². The van der Waals surface area contributed by atoms with Crippen molar-refractivity contribution >= 4 is 27.3 Å². The molecule has 0 aliphatic carbocycles. The van der Waals surface area contributed by atoms with Gasteiger partial charge in [-0.1, -0.05) is 24.3 Å². The Morgan fingerprint density at radius 1 is 1.15 bits per heavy atom. The third-order valence-electron chi connectivity index (χ3n) is 4.87. The standard InChI is InChI=1S/C20H25N3O3S/c1-15-13-16(11-12-21-15)20(24)22-17-7-6-10-19(14-17)27(25,26)23(2)18-8-4-3-5-9-18/h3-10,14-16,21H,11-13H2,1-2H3,(H,22,24)/t15-,16-/m0/s1. The Morgan fingerprint density at radius 2 is 1.89 bits per heavy atom. The van der Waals surface area contributed by atoms with Gasteiger partial charge in [-0.25, -0.2) is 8.42 Å². The Morgan fingerprint density at radius 3 is 2.59 bits per heavy atom. The number of carbonyl (C=O) groups is 1. The van der Waals surface area contributed by atoms with Crippen molar-refractivity contribution in [2.45, 2.75) is 30.7 Å². The number of hydrogen-bond donors (Lipinski definition) is 2. The number of benzene rings is 2. The van der Waals surface area contributed by atoms with E-state index in [1.165, 1.54) is 23.5 Å². The molecule has 0 aromatic heterocycles. The Hall–Kier alpha value is -2.38. The summed E-state index contributed by atoms with van der Waals surface area (Å²) >= 11 is 0. The van der Waals surface area contributed by atoms with Crippen molar-refractivity contribution in [3.8, 4) is 0 Å². The Bertz CT molecular complexity index is 900. The minimum atomic E-state index is -3.71. The van der Waals surface area contributed by atoms with Crippen LogP contribution in [0.2, 0.25) is 0 Å². The van der Waals surface area contributed by atoms with E-state index in [2.05, 4.69) is 17.6 Å². The fourth-order valence-corrected chi connectivity index (χ4v) is 4.53. The summed E-state index contributed by atoms with van der Waals surface area (Å²) in [5.74, 6) is -0.122. The lowest BCUT2D eigenvalue weighted by Crippen LogP contribution is -2.40. The monoisotopic (exact) mass is 387 g/mol. The number of carbonyl (C=O) groups excluding carboxylic acids is 1. The van der Waals surface area contributed by atoms with Crippen LogP contribution in [0, 0.1) is 5.92 Å². The van der Waals surface area contributed by atoms with Crippen molar-refractivity contribution in [2.24, 2.45) is 5.92 Å². The maximum Gasteiger partial charge on any atom is 0.264 e. The predicted octanol–water partition coefficient (Wildman–Crippen LogP) is 2.84. The first kappa shape index (κ1) is 19.4. The molecule has 3 rings (SSSR count). The molecule has 0 radical (unpaired) electrons. The van der Waals surface area contributed by atoms with Crippen molar-refractivity contribution in [2.75, 3.05) is 23.2 Å². The number of sulfonamides is 1. The molecular formula is C20H25N3O3S. The van der Waals surface area contributed by atoms with E-state index in [0.29, 0.717) is 17.4 Å². The largest absolute Gasteiger partial charge is 0.326 e. The van der Waals surface area contributed by atoms with Gasteiger partial charge in [0, 0.05) is 24.7 Å². The number of nitrogens with zero attached hydrogens (tertiary/aromatic N) is 1. The summed E-state index contributed by atoms with van der Waals surface area (Å²) in [5, 5.41) is 6.20. The molecule has 2 aromatic carbocycles. The van der Waals surface area contributed by atoms with Gasteiger partial charge in [0.2, 0.25) is 5.91 Å². The first-order valence-corrected chi connectivity index (χ1v) is 10.5. The lowest BCUT2D eigenvalue weighted by Gasteiger charge is -2.27. The average molecular weight is 388 g/mol. The molecule has 1 saturated heterocycles. The van der Waals surface area contributed by atoms with Crippen LogP contribution in [0.25, 0.3) is 0 Å². The van der Waals surface area contributed by atoms with Gasteiger partial charge in [0.25, 0.3) is 10.0 Å². The second-order valence-electron chi connectivity index (χ2n) is 6.90.